The highest BCUT2D eigenvalue weighted by Gasteiger charge is 2.11. The Hall–Kier alpha value is -1.71. The van der Waals surface area contributed by atoms with Crippen molar-refractivity contribution in [3.05, 3.63) is 47.4 Å². The molecule has 0 aliphatic heterocycles. The Morgan fingerprint density at radius 3 is 2.56 bits per heavy atom. The lowest BCUT2D eigenvalue weighted by atomic mass is 10.2. The Morgan fingerprint density at radius 1 is 1.32 bits per heavy atom. The van der Waals surface area contributed by atoms with Gasteiger partial charge in [0, 0.05) is 39.5 Å². The van der Waals surface area contributed by atoms with E-state index < -0.39 is 0 Å². The Balaban J connectivity index is 0.00000312. The van der Waals surface area contributed by atoms with Crippen molar-refractivity contribution < 1.29 is 8.91 Å². The maximum atomic E-state index is 13.0. The van der Waals surface area contributed by atoms with E-state index in [1.807, 2.05) is 25.8 Å². The molecule has 25 heavy (non-hydrogen) atoms. The van der Waals surface area contributed by atoms with Crippen LogP contribution in [0.5, 0.6) is 0 Å². The Morgan fingerprint density at radius 2 is 2.00 bits per heavy atom. The van der Waals surface area contributed by atoms with Crippen molar-refractivity contribution in [2.45, 2.75) is 32.7 Å². The van der Waals surface area contributed by atoms with Gasteiger partial charge in [-0.1, -0.05) is 31.1 Å². The maximum absolute atomic E-state index is 13.0. The molecule has 0 saturated carbocycles. The van der Waals surface area contributed by atoms with Crippen LogP contribution in [0, 0.1) is 5.82 Å². The van der Waals surface area contributed by atoms with Crippen LogP contribution in [0.4, 0.5) is 4.39 Å². The Kier molecular flexibility index (Phi) is 8.81. The van der Waals surface area contributed by atoms with Crippen LogP contribution in [0.2, 0.25) is 0 Å². The maximum Gasteiger partial charge on any atom is 0.228 e. The van der Waals surface area contributed by atoms with Crippen LogP contribution in [0.1, 0.15) is 37.0 Å². The van der Waals surface area contributed by atoms with E-state index in [2.05, 4.69) is 20.4 Å². The van der Waals surface area contributed by atoms with E-state index in [-0.39, 0.29) is 35.7 Å². The monoisotopic (exact) mass is 461 g/mol. The third kappa shape index (κ3) is 6.60. The molecule has 0 unspecified atom stereocenters. The molecule has 2 aromatic rings. The second-order valence-electron chi connectivity index (χ2n) is 5.91. The Bertz CT molecular complexity index is 672. The van der Waals surface area contributed by atoms with Gasteiger partial charge in [0.05, 0.1) is 0 Å². The molecule has 0 aliphatic rings. The van der Waals surface area contributed by atoms with E-state index in [0.29, 0.717) is 25.4 Å². The first-order valence-electron chi connectivity index (χ1n) is 7.98. The van der Waals surface area contributed by atoms with Crippen LogP contribution in [0.3, 0.4) is 0 Å². The van der Waals surface area contributed by atoms with Crippen molar-refractivity contribution in [3.8, 4) is 0 Å². The molecule has 0 radical (unpaired) electrons. The van der Waals surface area contributed by atoms with Crippen LogP contribution in [-0.2, 0) is 13.0 Å². The van der Waals surface area contributed by atoms with Gasteiger partial charge in [-0.15, -0.1) is 24.0 Å². The molecule has 1 heterocycles. The van der Waals surface area contributed by atoms with E-state index in [4.69, 9.17) is 4.52 Å². The van der Waals surface area contributed by atoms with Gasteiger partial charge in [-0.05, 0) is 17.7 Å². The first-order chi connectivity index (χ1) is 11.5. The molecule has 0 saturated heterocycles. The van der Waals surface area contributed by atoms with Crippen LogP contribution < -0.4 is 5.32 Å². The number of nitrogens with zero attached hydrogens (tertiary/aromatic N) is 4. The lowest BCUT2D eigenvalue weighted by molar-refractivity contribution is 0.370. The van der Waals surface area contributed by atoms with Crippen LogP contribution in [0.15, 0.2) is 33.8 Å². The van der Waals surface area contributed by atoms with Gasteiger partial charge in [0.2, 0.25) is 5.89 Å². The van der Waals surface area contributed by atoms with E-state index in [9.17, 15) is 4.39 Å². The summed E-state index contributed by atoms with van der Waals surface area (Å²) in [6, 6.07) is 6.46. The number of nitrogens with one attached hydrogen (secondary N) is 1. The summed E-state index contributed by atoms with van der Waals surface area (Å²) < 4.78 is 18.2. The lowest BCUT2D eigenvalue weighted by Crippen LogP contribution is -2.39. The molecule has 0 bridgehead atoms. The van der Waals surface area contributed by atoms with Crippen molar-refractivity contribution in [1.82, 2.24) is 20.4 Å². The molecule has 8 heteroatoms. The minimum atomic E-state index is -0.232. The molecule has 0 atom stereocenters. The number of benzene rings is 1. The molecule has 0 aliphatic carbocycles. The smallest absolute Gasteiger partial charge is 0.228 e. The second-order valence-corrected chi connectivity index (χ2v) is 5.91. The average molecular weight is 461 g/mol. The quantitative estimate of drug-likeness (QED) is 0.407. The van der Waals surface area contributed by atoms with Gasteiger partial charge < -0.3 is 14.7 Å². The number of aromatic nitrogens is 2. The fourth-order valence-corrected chi connectivity index (χ4v) is 2.21. The molecular formula is C17H25FIN5O. The van der Waals surface area contributed by atoms with Crippen molar-refractivity contribution >= 4 is 29.9 Å². The minimum absolute atomic E-state index is 0. The molecule has 2 rings (SSSR count). The minimum Gasteiger partial charge on any atom is -0.356 e. The highest BCUT2D eigenvalue weighted by atomic mass is 127. The molecule has 1 aromatic carbocycles. The van der Waals surface area contributed by atoms with Crippen LogP contribution >= 0.6 is 24.0 Å². The summed E-state index contributed by atoms with van der Waals surface area (Å²) in [5, 5.41) is 7.21. The molecule has 1 aromatic heterocycles. The molecule has 0 fully saturated rings. The van der Waals surface area contributed by atoms with Gasteiger partial charge in [0.15, 0.2) is 11.8 Å². The fourth-order valence-electron chi connectivity index (χ4n) is 2.21. The summed E-state index contributed by atoms with van der Waals surface area (Å²) in [4.78, 5) is 10.6. The van der Waals surface area contributed by atoms with Gasteiger partial charge in [0.1, 0.15) is 5.82 Å². The summed E-state index contributed by atoms with van der Waals surface area (Å²) in [5.41, 5.74) is 1.01. The van der Waals surface area contributed by atoms with Crippen molar-refractivity contribution in [3.63, 3.8) is 0 Å². The van der Waals surface area contributed by atoms with E-state index >= 15 is 0 Å². The lowest BCUT2D eigenvalue weighted by Gasteiger charge is -2.22. The summed E-state index contributed by atoms with van der Waals surface area (Å²) >= 11 is 0. The van der Waals surface area contributed by atoms with Gasteiger partial charge in [-0.3, -0.25) is 4.99 Å². The van der Waals surface area contributed by atoms with Crippen LogP contribution in [-0.4, -0.2) is 41.6 Å². The molecule has 1 N–H and O–H groups in total. The summed E-state index contributed by atoms with van der Waals surface area (Å²) in [6.45, 7) is 5.33. The van der Waals surface area contributed by atoms with E-state index in [1.165, 1.54) is 12.1 Å². The van der Waals surface area contributed by atoms with Crippen molar-refractivity contribution in [2.75, 3.05) is 20.6 Å². The number of halogens is 2. The van der Waals surface area contributed by atoms with Gasteiger partial charge in [-0.2, -0.15) is 4.98 Å². The molecule has 138 valence electrons. The first kappa shape index (κ1) is 21.3. The number of hydrogen-bond acceptors (Lipinski definition) is 4. The Labute approximate surface area is 164 Å². The summed E-state index contributed by atoms with van der Waals surface area (Å²) in [7, 11) is 3.66. The predicted molar refractivity (Wildman–Crippen MR) is 107 cm³/mol. The van der Waals surface area contributed by atoms with Crippen molar-refractivity contribution in [1.29, 1.82) is 0 Å². The molecule has 6 nitrogen and oxygen atoms in total. The number of aliphatic imine (C=N–C) groups is 1. The third-order valence-corrected chi connectivity index (χ3v) is 3.53. The molecule has 0 spiro atoms. The number of rotatable bonds is 6. The third-order valence-electron chi connectivity index (χ3n) is 3.53. The average Bonchev–Trinajstić information content (AvgIpc) is 3.03. The normalized spacial score (nSPS) is 11.4. The van der Waals surface area contributed by atoms with Gasteiger partial charge in [-0.25, -0.2) is 4.39 Å². The van der Waals surface area contributed by atoms with E-state index in [1.54, 1.807) is 19.2 Å². The predicted octanol–water partition coefficient (Wildman–Crippen LogP) is 3.20. The second kappa shape index (κ2) is 10.3. The zero-order chi connectivity index (χ0) is 17.5. The fraction of sp³-hybridized carbons (Fsp3) is 0.471. The molecule has 0 amide bonds. The number of hydrogen-bond donors (Lipinski definition) is 1. The topological polar surface area (TPSA) is 66.5 Å². The summed E-state index contributed by atoms with van der Waals surface area (Å²) in [6.07, 6.45) is 0.628. The zero-order valence-electron chi connectivity index (χ0n) is 15.0. The largest absolute Gasteiger partial charge is 0.356 e. The van der Waals surface area contributed by atoms with Crippen LogP contribution in [0.25, 0.3) is 0 Å². The molecular weight excluding hydrogens is 436 g/mol. The first-order valence-corrected chi connectivity index (χ1v) is 7.98. The van der Waals surface area contributed by atoms with Gasteiger partial charge in [0.25, 0.3) is 0 Å². The number of guanidine groups is 1. The highest BCUT2D eigenvalue weighted by molar-refractivity contribution is 14.0. The van der Waals surface area contributed by atoms with Gasteiger partial charge >= 0.3 is 0 Å². The van der Waals surface area contributed by atoms with E-state index in [0.717, 1.165) is 17.3 Å². The highest BCUT2D eigenvalue weighted by Crippen LogP contribution is 2.09. The standard InChI is InChI=1S/C17H24FN5O.HI/c1-12(2)16-21-15(24-22-16)9-10-20-17(19-3)23(4)11-13-5-7-14(18)8-6-13;/h5-8,12H,9-11H2,1-4H3,(H,19,20);1H. The SMILES string of the molecule is CN=C(NCCc1nc(C(C)C)no1)N(C)Cc1ccc(F)cc1.I. The summed E-state index contributed by atoms with van der Waals surface area (Å²) in [5.74, 6) is 2.11. The zero-order valence-corrected chi connectivity index (χ0v) is 17.3. The van der Waals surface area contributed by atoms with Crippen molar-refractivity contribution in [2.24, 2.45) is 4.99 Å².